The van der Waals surface area contributed by atoms with Crippen LogP contribution in [0.3, 0.4) is 0 Å². The number of carbonyl (C=O) groups is 1. The Balaban J connectivity index is 1.71. The Bertz CT molecular complexity index is 333. The second-order valence-electron chi connectivity index (χ2n) is 7.11. The maximum absolute atomic E-state index is 12.0. The summed E-state index contributed by atoms with van der Waals surface area (Å²) >= 11 is 0. The summed E-state index contributed by atoms with van der Waals surface area (Å²) < 4.78 is 5.40. The third-order valence-electron chi connectivity index (χ3n) is 4.03. The van der Waals surface area contributed by atoms with Crippen LogP contribution in [0.2, 0.25) is 0 Å². The molecule has 1 N–H and O–H groups in total. The molecule has 20 heavy (non-hydrogen) atoms. The molecule has 0 spiro atoms. The van der Waals surface area contributed by atoms with Crippen LogP contribution in [0.4, 0.5) is 4.79 Å². The first-order valence-corrected chi connectivity index (χ1v) is 7.72. The number of amides is 1. The summed E-state index contributed by atoms with van der Waals surface area (Å²) in [5.41, 5.74) is -0.417. The lowest BCUT2D eigenvalue weighted by atomic mass is 9.96. The zero-order chi connectivity index (χ0) is 14.8. The van der Waals surface area contributed by atoms with Gasteiger partial charge in [0.15, 0.2) is 0 Å². The molecule has 1 unspecified atom stereocenters. The van der Waals surface area contributed by atoms with Crippen LogP contribution in [0.25, 0.3) is 0 Å². The number of aliphatic hydroxyl groups is 1. The minimum Gasteiger partial charge on any atom is -0.444 e. The number of piperidine rings is 1. The molecule has 1 atom stereocenters. The summed E-state index contributed by atoms with van der Waals surface area (Å²) in [4.78, 5) is 16.1. The van der Waals surface area contributed by atoms with Gasteiger partial charge in [-0.3, -0.25) is 0 Å². The van der Waals surface area contributed by atoms with E-state index in [4.69, 9.17) is 4.74 Å². The molecule has 2 rings (SSSR count). The number of ether oxygens (including phenoxy) is 1. The van der Waals surface area contributed by atoms with E-state index < -0.39 is 5.60 Å². The molecule has 1 amide bonds. The van der Waals surface area contributed by atoms with Crippen molar-refractivity contribution in [3.63, 3.8) is 0 Å². The highest BCUT2D eigenvalue weighted by atomic mass is 16.6. The molecule has 2 aliphatic rings. The van der Waals surface area contributed by atoms with Crippen LogP contribution < -0.4 is 0 Å². The molecule has 2 fully saturated rings. The lowest BCUT2D eigenvalue weighted by Gasteiger charge is -2.34. The first-order valence-electron chi connectivity index (χ1n) is 7.72. The normalized spacial score (nSPS) is 26.0. The van der Waals surface area contributed by atoms with Crippen molar-refractivity contribution in [2.45, 2.75) is 51.7 Å². The molecule has 0 saturated carbocycles. The molecule has 116 valence electrons. The van der Waals surface area contributed by atoms with Gasteiger partial charge in [0.1, 0.15) is 5.60 Å². The number of aliphatic hydroxyl groups excluding tert-OH is 1. The van der Waals surface area contributed by atoms with Gasteiger partial charge in [0.05, 0.1) is 6.10 Å². The fraction of sp³-hybridized carbons (Fsp3) is 0.933. The van der Waals surface area contributed by atoms with Gasteiger partial charge in [-0.25, -0.2) is 4.79 Å². The van der Waals surface area contributed by atoms with Crippen LogP contribution in [0, 0.1) is 5.92 Å². The molecule has 0 aromatic rings. The molecule has 5 heteroatoms. The van der Waals surface area contributed by atoms with E-state index in [0.29, 0.717) is 5.92 Å². The molecular weight excluding hydrogens is 256 g/mol. The van der Waals surface area contributed by atoms with Gasteiger partial charge in [-0.05, 0) is 46.0 Å². The van der Waals surface area contributed by atoms with Crippen molar-refractivity contribution in [1.82, 2.24) is 9.80 Å². The van der Waals surface area contributed by atoms with Gasteiger partial charge in [0.2, 0.25) is 0 Å². The van der Waals surface area contributed by atoms with E-state index in [1.54, 1.807) is 0 Å². The Hall–Kier alpha value is -0.810. The fourth-order valence-electron chi connectivity index (χ4n) is 2.97. The highest BCUT2D eigenvalue weighted by Gasteiger charge is 2.29. The number of β-amino-alcohol motifs (C(OH)–C–C–N with tert-alkyl or cyclic N) is 1. The van der Waals surface area contributed by atoms with Gasteiger partial charge in [-0.1, -0.05) is 0 Å². The van der Waals surface area contributed by atoms with Crippen molar-refractivity contribution in [3.8, 4) is 0 Å². The van der Waals surface area contributed by atoms with E-state index in [0.717, 1.165) is 52.0 Å². The van der Waals surface area contributed by atoms with E-state index in [9.17, 15) is 9.90 Å². The first kappa shape index (κ1) is 15.6. The second-order valence-corrected chi connectivity index (χ2v) is 7.11. The number of nitrogens with zero attached hydrogens (tertiary/aromatic N) is 2. The Morgan fingerprint density at radius 3 is 2.35 bits per heavy atom. The van der Waals surface area contributed by atoms with Crippen LogP contribution in [0.5, 0.6) is 0 Å². The maximum atomic E-state index is 12.0. The largest absolute Gasteiger partial charge is 0.444 e. The van der Waals surface area contributed by atoms with Gasteiger partial charge in [-0.15, -0.1) is 0 Å². The second kappa shape index (κ2) is 6.31. The van der Waals surface area contributed by atoms with Crippen LogP contribution in [-0.2, 0) is 4.74 Å². The summed E-state index contributed by atoms with van der Waals surface area (Å²) in [7, 11) is 0. The van der Waals surface area contributed by atoms with Crippen molar-refractivity contribution < 1.29 is 14.6 Å². The predicted octanol–water partition coefficient (Wildman–Crippen LogP) is 1.70. The Labute approximate surface area is 121 Å². The van der Waals surface area contributed by atoms with Gasteiger partial charge < -0.3 is 19.6 Å². The number of likely N-dealkylation sites (tertiary alicyclic amines) is 2. The minimum absolute atomic E-state index is 0.142. The average molecular weight is 284 g/mol. The van der Waals surface area contributed by atoms with Gasteiger partial charge in [0.25, 0.3) is 0 Å². The third kappa shape index (κ3) is 4.63. The highest BCUT2D eigenvalue weighted by Crippen LogP contribution is 2.22. The van der Waals surface area contributed by atoms with Crippen LogP contribution in [-0.4, -0.2) is 65.4 Å². The number of rotatable bonds is 2. The average Bonchev–Trinajstić information content (AvgIpc) is 2.73. The van der Waals surface area contributed by atoms with Crippen molar-refractivity contribution in [2.75, 3.05) is 32.7 Å². The van der Waals surface area contributed by atoms with Gasteiger partial charge in [0, 0.05) is 32.7 Å². The summed E-state index contributed by atoms with van der Waals surface area (Å²) in [6, 6.07) is 0. The molecule has 5 nitrogen and oxygen atoms in total. The summed E-state index contributed by atoms with van der Waals surface area (Å²) in [6.45, 7) is 10.1. The van der Waals surface area contributed by atoms with Crippen LogP contribution in [0.15, 0.2) is 0 Å². The van der Waals surface area contributed by atoms with Crippen molar-refractivity contribution >= 4 is 6.09 Å². The first-order chi connectivity index (χ1) is 9.33. The van der Waals surface area contributed by atoms with E-state index in [1.165, 1.54) is 0 Å². The number of carbonyl (C=O) groups excluding carboxylic acids is 1. The van der Waals surface area contributed by atoms with Crippen LogP contribution >= 0.6 is 0 Å². The molecular formula is C15H28N2O3. The quantitative estimate of drug-likeness (QED) is 0.838. The third-order valence-corrected chi connectivity index (χ3v) is 4.03. The van der Waals surface area contributed by atoms with E-state index >= 15 is 0 Å². The van der Waals surface area contributed by atoms with E-state index in [2.05, 4.69) is 4.90 Å². The van der Waals surface area contributed by atoms with Gasteiger partial charge >= 0.3 is 6.09 Å². The number of hydrogen-bond acceptors (Lipinski definition) is 4. The van der Waals surface area contributed by atoms with Crippen LogP contribution in [0.1, 0.15) is 40.0 Å². The molecule has 0 aromatic heterocycles. The SMILES string of the molecule is CC(C)(C)OC(=O)N1CCC(CN2CCC(O)C2)CC1. The molecule has 2 heterocycles. The Morgan fingerprint density at radius 1 is 1.20 bits per heavy atom. The fourth-order valence-corrected chi connectivity index (χ4v) is 2.97. The summed E-state index contributed by atoms with van der Waals surface area (Å²) in [5, 5.41) is 9.54. The Morgan fingerprint density at radius 2 is 1.85 bits per heavy atom. The predicted molar refractivity (Wildman–Crippen MR) is 77.6 cm³/mol. The molecule has 2 aliphatic heterocycles. The lowest BCUT2D eigenvalue weighted by Crippen LogP contribution is -2.43. The summed E-state index contributed by atoms with van der Waals surface area (Å²) in [5.74, 6) is 0.638. The monoisotopic (exact) mass is 284 g/mol. The maximum Gasteiger partial charge on any atom is 0.410 e. The molecule has 0 radical (unpaired) electrons. The van der Waals surface area contributed by atoms with Gasteiger partial charge in [-0.2, -0.15) is 0 Å². The smallest absolute Gasteiger partial charge is 0.410 e. The Kier molecular flexibility index (Phi) is 4.91. The molecule has 0 aliphatic carbocycles. The standard InChI is InChI=1S/C15H28N2O3/c1-15(2,3)20-14(19)17-8-4-12(5-9-17)10-16-7-6-13(18)11-16/h12-13,18H,4-11H2,1-3H3. The molecule has 2 saturated heterocycles. The number of hydrogen-bond donors (Lipinski definition) is 1. The summed E-state index contributed by atoms with van der Waals surface area (Å²) in [6.07, 6.45) is 2.64. The highest BCUT2D eigenvalue weighted by molar-refractivity contribution is 5.68. The zero-order valence-electron chi connectivity index (χ0n) is 13.0. The van der Waals surface area contributed by atoms with Crippen molar-refractivity contribution in [2.24, 2.45) is 5.92 Å². The molecule has 0 bridgehead atoms. The van der Waals surface area contributed by atoms with Crippen molar-refractivity contribution in [3.05, 3.63) is 0 Å². The molecule has 0 aromatic carbocycles. The minimum atomic E-state index is -0.417. The topological polar surface area (TPSA) is 53.0 Å². The van der Waals surface area contributed by atoms with E-state index in [1.807, 2.05) is 25.7 Å². The lowest BCUT2D eigenvalue weighted by molar-refractivity contribution is 0.0171. The van der Waals surface area contributed by atoms with Crippen molar-refractivity contribution in [1.29, 1.82) is 0 Å². The zero-order valence-corrected chi connectivity index (χ0v) is 13.0. The van der Waals surface area contributed by atoms with E-state index in [-0.39, 0.29) is 12.2 Å².